The van der Waals surface area contributed by atoms with E-state index >= 15 is 0 Å². The zero-order valence-corrected chi connectivity index (χ0v) is 53.2. The van der Waals surface area contributed by atoms with Crippen molar-refractivity contribution in [3.05, 3.63) is 12.2 Å². The molecule has 0 aliphatic carbocycles. The number of nitrogens with one attached hydrogen (secondary N) is 1. The van der Waals surface area contributed by atoms with Gasteiger partial charge in [-0.2, -0.15) is 0 Å². The predicted molar refractivity (Wildman–Crippen MR) is 343 cm³/mol. The maximum atomic E-state index is 12.6. The van der Waals surface area contributed by atoms with Crippen molar-refractivity contribution in [2.24, 2.45) is 0 Å². The lowest BCUT2D eigenvalue weighted by atomic mass is 10.0. The third-order valence-electron chi connectivity index (χ3n) is 17.1. The molecule has 0 aliphatic heterocycles. The highest BCUT2D eigenvalue weighted by atomic mass is 16.5. The van der Waals surface area contributed by atoms with Crippen molar-refractivity contribution < 1.29 is 24.5 Å². The number of amides is 1. The first kappa shape index (κ1) is 76.6. The largest absolute Gasteiger partial charge is 0.466 e. The zero-order valence-electron chi connectivity index (χ0n) is 53.2. The van der Waals surface area contributed by atoms with Crippen LogP contribution in [-0.4, -0.2) is 47.4 Å². The Balaban J connectivity index is 3.39. The lowest BCUT2D eigenvalue weighted by molar-refractivity contribution is -0.143. The molecule has 0 spiro atoms. The molecule has 0 aromatic rings. The van der Waals surface area contributed by atoms with Gasteiger partial charge in [-0.3, -0.25) is 9.59 Å². The molecule has 3 N–H and O–H groups in total. The SMILES string of the molecule is CCCCCCCCCCCCCCCCCCCCCCCCCC(O)C(CO)NC(=O)CCCCCCCCCCCC/C=C\CCCCCCCCCCCCCCOC(=O)CCCCCCCCCCCCCC. The summed E-state index contributed by atoms with van der Waals surface area (Å²) in [7, 11) is 0. The molecule has 78 heavy (non-hydrogen) atoms. The van der Waals surface area contributed by atoms with Crippen LogP contribution in [0.2, 0.25) is 0 Å². The van der Waals surface area contributed by atoms with Gasteiger partial charge in [0.2, 0.25) is 5.91 Å². The Morgan fingerprint density at radius 1 is 0.346 bits per heavy atom. The van der Waals surface area contributed by atoms with Crippen LogP contribution in [0, 0.1) is 0 Å². The van der Waals surface area contributed by atoms with Crippen LogP contribution >= 0.6 is 0 Å². The molecule has 0 aromatic carbocycles. The molecule has 0 aliphatic rings. The van der Waals surface area contributed by atoms with Crippen molar-refractivity contribution in [2.45, 2.75) is 424 Å². The van der Waals surface area contributed by atoms with Gasteiger partial charge in [0, 0.05) is 12.8 Å². The maximum Gasteiger partial charge on any atom is 0.305 e. The van der Waals surface area contributed by atoms with Gasteiger partial charge >= 0.3 is 5.97 Å². The number of unbranched alkanes of at least 4 members (excludes halogenated alkanes) is 55. The fourth-order valence-electron chi connectivity index (χ4n) is 11.6. The molecule has 6 nitrogen and oxygen atoms in total. The first-order chi connectivity index (χ1) is 38.5. The Bertz CT molecular complexity index is 1180. The van der Waals surface area contributed by atoms with Crippen LogP contribution in [-0.2, 0) is 14.3 Å². The van der Waals surface area contributed by atoms with Crippen molar-refractivity contribution in [3.63, 3.8) is 0 Å². The van der Waals surface area contributed by atoms with E-state index in [0.717, 1.165) is 38.5 Å². The van der Waals surface area contributed by atoms with Crippen LogP contribution in [0.25, 0.3) is 0 Å². The minimum absolute atomic E-state index is 0.0161. The van der Waals surface area contributed by atoms with Crippen LogP contribution in [0.5, 0.6) is 0 Å². The summed E-state index contributed by atoms with van der Waals surface area (Å²) in [5.74, 6) is -0.0154. The summed E-state index contributed by atoms with van der Waals surface area (Å²) in [6, 6.07) is -0.543. The second-order valence-electron chi connectivity index (χ2n) is 24.9. The van der Waals surface area contributed by atoms with E-state index in [1.54, 1.807) is 0 Å². The minimum atomic E-state index is -0.666. The normalized spacial score (nSPS) is 12.5. The molecule has 0 rings (SSSR count). The van der Waals surface area contributed by atoms with E-state index < -0.39 is 12.1 Å². The molecule has 0 heterocycles. The van der Waals surface area contributed by atoms with E-state index in [1.807, 2.05) is 0 Å². The average molecular weight is 1100 g/mol. The summed E-state index contributed by atoms with van der Waals surface area (Å²) in [6.07, 6.45) is 84.1. The topological polar surface area (TPSA) is 95.9 Å². The van der Waals surface area contributed by atoms with E-state index in [9.17, 15) is 19.8 Å². The van der Waals surface area contributed by atoms with Gasteiger partial charge in [-0.25, -0.2) is 0 Å². The molecule has 0 radical (unpaired) electrons. The predicted octanol–water partition coefficient (Wildman–Crippen LogP) is 23.1. The van der Waals surface area contributed by atoms with E-state index in [2.05, 4.69) is 31.3 Å². The Morgan fingerprint density at radius 2 is 0.603 bits per heavy atom. The first-order valence-corrected chi connectivity index (χ1v) is 35.9. The molecule has 0 aromatic heterocycles. The summed E-state index contributed by atoms with van der Waals surface area (Å²) in [5.41, 5.74) is 0. The molecule has 464 valence electrons. The molecule has 0 fully saturated rings. The average Bonchev–Trinajstić information content (AvgIpc) is 3.44. The number of aliphatic hydroxyl groups is 2. The number of allylic oxidation sites excluding steroid dienone is 2. The standard InChI is InChI=1S/C72H141NO5/c1-3-5-7-9-11-13-15-17-18-19-20-21-26-29-32-35-38-41-44-48-52-56-60-64-70(75)69(68-74)73-71(76)65-61-57-53-49-45-42-39-36-33-30-27-24-22-23-25-28-31-34-37-40-43-47-51-55-59-63-67-78-72(77)66-62-58-54-50-46-16-14-12-10-8-6-4-2/h22,24,69-70,74-75H,3-21,23,25-68H2,1-2H3,(H,73,76)/b24-22-. The highest BCUT2D eigenvalue weighted by Gasteiger charge is 2.20. The van der Waals surface area contributed by atoms with Crippen LogP contribution < -0.4 is 5.32 Å². The Labute approximate surface area is 489 Å². The summed E-state index contributed by atoms with van der Waals surface area (Å²) in [5, 5.41) is 23.4. The lowest BCUT2D eigenvalue weighted by Gasteiger charge is -2.22. The Kier molecular flexibility index (Phi) is 66.9. The third kappa shape index (κ3) is 63.8. The molecule has 2 atom stereocenters. The van der Waals surface area contributed by atoms with Gasteiger partial charge in [0.15, 0.2) is 0 Å². The van der Waals surface area contributed by atoms with Crippen molar-refractivity contribution in [1.82, 2.24) is 5.32 Å². The summed E-state index contributed by atoms with van der Waals surface area (Å²) < 4.78 is 5.48. The number of carbonyl (C=O) groups excluding carboxylic acids is 2. The van der Waals surface area contributed by atoms with Gasteiger partial charge in [-0.15, -0.1) is 0 Å². The lowest BCUT2D eigenvalue weighted by Crippen LogP contribution is -2.45. The van der Waals surface area contributed by atoms with E-state index in [4.69, 9.17) is 4.74 Å². The Hall–Kier alpha value is -1.40. The smallest absolute Gasteiger partial charge is 0.305 e. The number of hydrogen-bond acceptors (Lipinski definition) is 5. The van der Waals surface area contributed by atoms with Gasteiger partial charge in [0.1, 0.15) is 0 Å². The van der Waals surface area contributed by atoms with Crippen molar-refractivity contribution in [2.75, 3.05) is 13.2 Å². The first-order valence-electron chi connectivity index (χ1n) is 35.9. The molecule has 2 unspecified atom stereocenters. The number of esters is 1. The second-order valence-corrected chi connectivity index (χ2v) is 24.9. The minimum Gasteiger partial charge on any atom is -0.466 e. The van der Waals surface area contributed by atoms with Crippen molar-refractivity contribution in [3.8, 4) is 0 Å². The highest BCUT2D eigenvalue weighted by molar-refractivity contribution is 5.76. The van der Waals surface area contributed by atoms with Crippen LogP contribution in [0.15, 0.2) is 12.2 Å². The van der Waals surface area contributed by atoms with Gasteiger partial charge in [-0.1, -0.05) is 360 Å². The van der Waals surface area contributed by atoms with E-state index in [0.29, 0.717) is 25.9 Å². The van der Waals surface area contributed by atoms with Crippen molar-refractivity contribution in [1.29, 1.82) is 0 Å². The Morgan fingerprint density at radius 3 is 0.910 bits per heavy atom. The van der Waals surface area contributed by atoms with Gasteiger partial charge in [0.25, 0.3) is 0 Å². The van der Waals surface area contributed by atoms with Crippen LogP contribution in [0.4, 0.5) is 0 Å². The maximum absolute atomic E-state index is 12.6. The molecule has 0 saturated heterocycles. The highest BCUT2D eigenvalue weighted by Crippen LogP contribution is 2.19. The van der Waals surface area contributed by atoms with Crippen LogP contribution in [0.1, 0.15) is 412 Å². The second kappa shape index (κ2) is 68.1. The van der Waals surface area contributed by atoms with Crippen molar-refractivity contribution >= 4 is 11.9 Å². The fraction of sp³-hybridized carbons (Fsp3) is 0.944. The molecule has 1 amide bonds. The molecule has 6 heteroatoms. The number of ether oxygens (including phenoxy) is 1. The third-order valence-corrected chi connectivity index (χ3v) is 17.1. The molecular formula is C72H141NO5. The number of hydrogen-bond donors (Lipinski definition) is 3. The van der Waals surface area contributed by atoms with Gasteiger partial charge in [0.05, 0.1) is 25.4 Å². The summed E-state index contributed by atoms with van der Waals surface area (Å²) in [4.78, 5) is 24.6. The van der Waals surface area contributed by atoms with E-state index in [1.165, 1.54) is 340 Å². The quantitative estimate of drug-likeness (QED) is 0.0320. The number of carbonyl (C=O) groups is 2. The van der Waals surface area contributed by atoms with E-state index in [-0.39, 0.29) is 18.5 Å². The fourth-order valence-corrected chi connectivity index (χ4v) is 11.6. The summed E-state index contributed by atoms with van der Waals surface area (Å²) >= 11 is 0. The van der Waals surface area contributed by atoms with Gasteiger partial charge < -0.3 is 20.3 Å². The summed E-state index contributed by atoms with van der Waals surface area (Å²) in [6.45, 7) is 5.00. The van der Waals surface area contributed by atoms with Crippen LogP contribution in [0.3, 0.4) is 0 Å². The zero-order chi connectivity index (χ0) is 56.4. The molecule has 0 bridgehead atoms. The number of aliphatic hydroxyl groups excluding tert-OH is 2. The van der Waals surface area contributed by atoms with Gasteiger partial charge in [-0.05, 0) is 51.4 Å². The number of rotatable bonds is 68. The monoisotopic (exact) mass is 1100 g/mol. The molecule has 0 saturated carbocycles. The molecular weight excluding hydrogens is 959 g/mol.